The lowest BCUT2D eigenvalue weighted by Crippen LogP contribution is -3.14. The Labute approximate surface area is 143 Å². The molecule has 1 aromatic carbocycles. The zero-order chi connectivity index (χ0) is 16.3. The van der Waals surface area contributed by atoms with Crippen molar-refractivity contribution in [2.24, 2.45) is 11.7 Å². The molecule has 5 nitrogen and oxygen atoms in total. The van der Waals surface area contributed by atoms with Gasteiger partial charge in [-0.15, -0.1) is 0 Å². The number of hydrogen-bond acceptors (Lipinski definition) is 2. The van der Waals surface area contributed by atoms with Crippen LogP contribution in [0.3, 0.4) is 0 Å². The fourth-order valence-electron chi connectivity index (χ4n) is 2.53. The van der Waals surface area contributed by atoms with Crippen LogP contribution in [0, 0.1) is 5.92 Å². The van der Waals surface area contributed by atoms with Gasteiger partial charge in [0.25, 0.3) is 5.91 Å². The number of piperidine rings is 1. The second-order valence-corrected chi connectivity index (χ2v) is 6.62. The van der Waals surface area contributed by atoms with Crippen molar-refractivity contribution in [1.82, 2.24) is 0 Å². The van der Waals surface area contributed by atoms with Gasteiger partial charge in [-0.3, -0.25) is 9.59 Å². The van der Waals surface area contributed by atoms with E-state index in [0.717, 1.165) is 18.0 Å². The molecule has 0 atom stereocenters. The lowest BCUT2D eigenvalue weighted by Gasteiger charge is -2.27. The Balaban J connectivity index is 1.89. The Hall–Kier alpha value is -1.01. The highest BCUT2D eigenvalue weighted by Crippen LogP contribution is 2.32. The van der Waals surface area contributed by atoms with E-state index in [4.69, 9.17) is 40.5 Å². The molecular formula is C14H17Cl3N3O2+. The summed E-state index contributed by atoms with van der Waals surface area (Å²) in [6.45, 7) is 1.80. The van der Waals surface area contributed by atoms with Gasteiger partial charge in [-0.1, -0.05) is 34.8 Å². The van der Waals surface area contributed by atoms with Gasteiger partial charge in [0.1, 0.15) is 0 Å². The average Bonchev–Trinajstić information content (AvgIpc) is 2.45. The Morgan fingerprint density at radius 3 is 2.32 bits per heavy atom. The number of nitrogens with two attached hydrogens (primary N) is 1. The van der Waals surface area contributed by atoms with Gasteiger partial charge in [0.2, 0.25) is 5.91 Å². The smallest absolute Gasteiger partial charge is 0.279 e. The van der Waals surface area contributed by atoms with Gasteiger partial charge in [-0.2, -0.15) is 0 Å². The molecule has 1 aliphatic rings. The average molecular weight is 366 g/mol. The van der Waals surface area contributed by atoms with Crippen molar-refractivity contribution >= 4 is 52.3 Å². The molecule has 8 heteroatoms. The number of likely N-dealkylation sites (tertiary alicyclic amines) is 1. The predicted molar refractivity (Wildman–Crippen MR) is 87.6 cm³/mol. The molecule has 4 N–H and O–H groups in total. The Kier molecular flexibility index (Phi) is 5.92. The van der Waals surface area contributed by atoms with Crippen molar-refractivity contribution < 1.29 is 14.5 Å². The van der Waals surface area contributed by atoms with Gasteiger partial charge in [0.05, 0.1) is 33.8 Å². The van der Waals surface area contributed by atoms with Crippen molar-refractivity contribution in [3.63, 3.8) is 0 Å². The molecule has 1 aliphatic heterocycles. The Morgan fingerprint density at radius 1 is 1.14 bits per heavy atom. The van der Waals surface area contributed by atoms with E-state index in [9.17, 15) is 9.59 Å². The second-order valence-electron chi connectivity index (χ2n) is 5.40. The number of amides is 2. The van der Waals surface area contributed by atoms with E-state index in [1.807, 2.05) is 0 Å². The van der Waals surface area contributed by atoms with E-state index in [0.29, 0.717) is 40.1 Å². The van der Waals surface area contributed by atoms with Crippen LogP contribution in [0.25, 0.3) is 0 Å². The molecule has 0 unspecified atom stereocenters. The third-order valence-corrected chi connectivity index (χ3v) is 4.82. The molecule has 0 spiro atoms. The van der Waals surface area contributed by atoms with Crippen molar-refractivity contribution in [3.05, 3.63) is 27.2 Å². The molecule has 2 rings (SSSR count). The highest BCUT2D eigenvalue weighted by atomic mass is 35.5. The van der Waals surface area contributed by atoms with E-state index in [2.05, 4.69) is 5.32 Å². The number of halogens is 3. The summed E-state index contributed by atoms with van der Waals surface area (Å²) in [5, 5.41) is 3.74. The Bertz CT molecular complexity index is 587. The first-order chi connectivity index (χ1) is 10.4. The maximum atomic E-state index is 12.1. The monoisotopic (exact) mass is 364 g/mol. The van der Waals surface area contributed by atoms with E-state index in [1.54, 1.807) is 0 Å². The van der Waals surface area contributed by atoms with Crippen molar-refractivity contribution in [1.29, 1.82) is 0 Å². The van der Waals surface area contributed by atoms with Crippen LogP contribution >= 0.6 is 34.8 Å². The topological polar surface area (TPSA) is 76.6 Å². The maximum Gasteiger partial charge on any atom is 0.279 e. The maximum absolute atomic E-state index is 12.1. The standard InChI is InChI=1S/C14H16Cl3N3O2/c15-9-5-11(17)12(6-10(9)16)19-13(21)7-20-3-1-8(2-4-20)14(18)22/h5-6,8H,1-4,7H2,(H2,18,22)(H,19,21)/p+1. The Morgan fingerprint density at radius 2 is 1.73 bits per heavy atom. The summed E-state index contributed by atoms with van der Waals surface area (Å²) in [4.78, 5) is 24.3. The largest absolute Gasteiger partial charge is 0.369 e. The molecule has 1 saturated heterocycles. The molecule has 0 radical (unpaired) electrons. The molecule has 1 aromatic rings. The molecule has 120 valence electrons. The van der Waals surface area contributed by atoms with Crippen LogP contribution in [0.5, 0.6) is 0 Å². The summed E-state index contributed by atoms with van der Waals surface area (Å²) in [5.74, 6) is -0.491. The third-order valence-electron chi connectivity index (χ3n) is 3.79. The SMILES string of the molecule is NC(=O)C1CC[NH+](CC(=O)Nc2cc(Cl)c(Cl)cc2Cl)CC1. The van der Waals surface area contributed by atoms with Crippen LogP contribution in [0.1, 0.15) is 12.8 Å². The van der Waals surface area contributed by atoms with Crippen LogP contribution in [0.15, 0.2) is 12.1 Å². The number of nitrogens with one attached hydrogen (secondary N) is 2. The second kappa shape index (κ2) is 7.51. The number of benzene rings is 1. The quantitative estimate of drug-likeness (QED) is 0.705. The van der Waals surface area contributed by atoms with E-state index in [-0.39, 0.29) is 17.7 Å². The van der Waals surface area contributed by atoms with Crippen LogP contribution in [-0.2, 0) is 9.59 Å². The lowest BCUT2D eigenvalue weighted by atomic mass is 9.96. The first-order valence-corrected chi connectivity index (χ1v) is 8.07. The molecule has 1 heterocycles. The van der Waals surface area contributed by atoms with Crippen LogP contribution in [0.2, 0.25) is 15.1 Å². The minimum atomic E-state index is -0.258. The molecule has 0 bridgehead atoms. The molecule has 0 saturated carbocycles. The summed E-state index contributed by atoms with van der Waals surface area (Å²) < 4.78 is 0. The van der Waals surface area contributed by atoms with Crippen LogP contribution in [0.4, 0.5) is 5.69 Å². The number of carbonyl (C=O) groups is 2. The number of quaternary nitrogens is 1. The minimum absolute atomic E-state index is 0.0728. The molecule has 0 aromatic heterocycles. The van der Waals surface area contributed by atoms with Crippen molar-refractivity contribution in [2.45, 2.75) is 12.8 Å². The van der Waals surface area contributed by atoms with Crippen LogP contribution < -0.4 is 16.0 Å². The predicted octanol–water partition coefficient (Wildman–Crippen LogP) is 1.37. The number of carbonyl (C=O) groups excluding carboxylic acids is 2. The summed E-state index contributed by atoms with van der Waals surface area (Å²) >= 11 is 17.8. The van der Waals surface area contributed by atoms with Crippen molar-refractivity contribution in [3.8, 4) is 0 Å². The third kappa shape index (κ3) is 4.49. The fraction of sp³-hybridized carbons (Fsp3) is 0.429. The molecular weight excluding hydrogens is 349 g/mol. The van der Waals surface area contributed by atoms with Crippen molar-refractivity contribution in [2.75, 3.05) is 25.0 Å². The normalized spacial score (nSPS) is 21.4. The molecule has 0 aliphatic carbocycles. The fourth-order valence-corrected chi connectivity index (χ4v) is 3.12. The summed E-state index contributed by atoms with van der Waals surface area (Å²) in [7, 11) is 0. The zero-order valence-corrected chi connectivity index (χ0v) is 14.1. The summed E-state index contributed by atoms with van der Waals surface area (Å²) in [6.07, 6.45) is 1.43. The van der Waals surface area contributed by atoms with Gasteiger partial charge in [-0.05, 0) is 12.1 Å². The number of rotatable bonds is 4. The lowest BCUT2D eigenvalue weighted by molar-refractivity contribution is -0.897. The summed E-state index contributed by atoms with van der Waals surface area (Å²) in [6, 6.07) is 3.02. The van der Waals surface area contributed by atoms with E-state index in [1.165, 1.54) is 12.1 Å². The molecule has 1 fully saturated rings. The molecule has 22 heavy (non-hydrogen) atoms. The van der Waals surface area contributed by atoms with Gasteiger partial charge in [-0.25, -0.2) is 0 Å². The number of anilines is 1. The van der Waals surface area contributed by atoms with E-state index < -0.39 is 0 Å². The van der Waals surface area contributed by atoms with Gasteiger partial charge < -0.3 is 16.0 Å². The number of primary amides is 1. The minimum Gasteiger partial charge on any atom is -0.369 e. The number of hydrogen-bond donors (Lipinski definition) is 3. The summed E-state index contributed by atoms with van der Waals surface area (Å²) in [5.41, 5.74) is 5.73. The van der Waals surface area contributed by atoms with E-state index >= 15 is 0 Å². The van der Waals surface area contributed by atoms with Gasteiger partial charge in [0.15, 0.2) is 6.54 Å². The zero-order valence-electron chi connectivity index (χ0n) is 11.8. The highest BCUT2D eigenvalue weighted by Gasteiger charge is 2.27. The van der Waals surface area contributed by atoms with Gasteiger partial charge >= 0.3 is 0 Å². The van der Waals surface area contributed by atoms with Gasteiger partial charge in [0, 0.05) is 18.8 Å². The molecule has 2 amide bonds. The highest BCUT2D eigenvalue weighted by molar-refractivity contribution is 6.44. The van der Waals surface area contributed by atoms with Crippen LogP contribution in [-0.4, -0.2) is 31.4 Å². The first-order valence-electron chi connectivity index (χ1n) is 6.94. The first kappa shape index (κ1) is 17.3.